The zero-order chi connectivity index (χ0) is 32.6. The van der Waals surface area contributed by atoms with Crippen molar-refractivity contribution in [2.75, 3.05) is 26.4 Å². The van der Waals surface area contributed by atoms with Gasteiger partial charge in [-0.25, -0.2) is 0 Å². The minimum atomic E-state index is -2.75. The quantitative estimate of drug-likeness (QED) is 0.0697. The number of aromatic nitrogens is 2. The molecule has 2 aromatic carbocycles. The highest BCUT2D eigenvalue weighted by atomic mass is 127. The van der Waals surface area contributed by atoms with Crippen LogP contribution < -0.4 is 33.3 Å². The second-order valence-electron chi connectivity index (χ2n) is 12.9. The SMILES string of the molecule is CCO[Si](CCCOc1c(C)n(-c2c(C(C)C)cccc2C(C)C)c[n+]1-c1c(C(C)C)cccc1C(C)C)(OCC)OCC.[I-]. The molecule has 0 fully saturated rings. The zero-order valence-corrected chi connectivity index (χ0v) is 33.2. The molecule has 0 saturated heterocycles. The smallest absolute Gasteiger partial charge is 0.501 e. The molecule has 0 spiro atoms. The van der Waals surface area contributed by atoms with Gasteiger partial charge in [0.2, 0.25) is 0 Å². The average Bonchev–Trinajstić information content (AvgIpc) is 3.29. The second-order valence-corrected chi connectivity index (χ2v) is 15.6. The van der Waals surface area contributed by atoms with Gasteiger partial charge in [-0.2, -0.15) is 9.13 Å². The Bertz CT molecular complexity index is 1280. The van der Waals surface area contributed by atoms with E-state index in [2.05, 4.69) is 114 Å². The molecule has 0 atom stereocenters. The van der Waals surface area contributed by atoms with Crippen molar-refractivity contribution in [3.05, 3.63) is 70.7 Å². The van der Waals surface area contributed by atoms with Gasteiger partial charge in [0.1, 0.15) is 11.4 Å². The fourth-order valence-corrected chi connectivity index (χ4v) is 8.71. The predicted octanol–water partition coefficient (Wildman–Crippen LogP) is 6.38. The number of rotatable bonds is 17. The minimum Gasteiger partial charge on any atom is -1.00 e. The summed E-state index contributed by atoms with van der Waals surface area (Å²) in [5, 5.41) is 0. The van der Waals surface area contributed by atoms with Crippen molar-refractivity contribution in [1.29, 1.82) is 0 Å². The first-order valence-electron chi connectivity index (χ1n) is 16.9. The van der Waals surface area contributed by atoms with Crippen LogP contribution in [-0.2, 0) is 13.3 Å². The number of para-hydroxylation sites is 2. The van der Waals surface area contributed by atoms with E-state index in [1.165, 1.54) is 33.6 Å². The normalized spacial score (nSPS) is 12.1. The summed E-state index contributed by atoms with van der Waals surface area (Å²) < 4.78 is 29.9. The minimum absolute atomic E-state index is 0. The summed E-state index contributed by atoms with van der Waals surface area (Å²) in [7, 11) is -2.75. The molecule has 0 bridgehead atoms. The van der Waals surface area contributed by atoms with E-state index in [4.69, 9.17) is 18.0 Å². The average molecular weight is 751 g/mol. The molecular formula is C37H59IN2O4Si. The molecule has 1 heterocycles. The van der Waals surface area contributed by atoms with Crippen molar-refractivity contribution in [2.24, 2.45) is 0 Å². The van der Waals surface area contributed by atoms with Gasteiger partial charge in [0.05, 0.1) is 6.61 Å². The summed E-state index contributed by atoms with van der Waals surface area (Å²) in [5.41, 5.74) is 8.91. The van der Waals surface area contributed by atoms with E-state index in [0.29, 0.717) is 50.1 Å². The van der Waals surface area contributed by atoms with Gasteiger partial charge in [-0.3, -0.25) is 0 Å². The van der Waals surface area contributed by atoms with Crippen molar-refractivity contribution < 1.29 is 46.6 Å². The molecule has 0 unspecified atom stereocenters. The van der Waals surface area contributed by atoms with Crippen LogP contribution in [0.5, 0.6) is 5.88 Å². The fraction of sp³-hybridized carbons (Fsp3) is 0.595. The Labute approximate surface area is 292 Å². The first-order valence-corrected chi connectivity index (χ1v) is 18.8. The molecule has 252 valence electrons. The van der Waals surface area contributed by atoms with Gasteiger partial charge in [-0.05, 0) is 50.9 Å². The van der Waals surface area contributed by atoms with E-state index in [1.54, 1.807) is 0 Å². The lowest BCUT2D eigenvalue weighted by molar-refractivity contribution is -0.603. The van der Waals surface area contributed by atoms with E-state index < -0.39 is 8.80 Å². The maximum atomic E-state index is 6.82. The molecule has 0 aliphatic carbocycles. The van der Waals surface area contributed by atoms with E-state index in [0.717, 1.165) is 24.0 Å². The summed E-state index contributed by atoms with van der Waals surface area (Å²) >= 11 is 0. The largest absolute Gasteiger partial charge is 1.00 e. The Hall–Kier alpha value is -1.72. The van der Waals surface area contributed by atoms with Crippen LogP contribution in [0.4, 0.5) is 0 Å². The number of hydrogen-bond acceptors (Lipinski definition) is 4. The maximum absolute atomic E-state index is 6.82. The van der Waals surface area contributed by atoms with Crippen molar-refractivity contribution in [3.63, 3.8) is 0 Å². The molecule has 3 aromatic rings. The molecule has 3 rings (SSSR count). The third-order valence-electron chi connectivity index (χ3n) is 8.25. The first-order chi connectivity index (χ1) is 20.9. The standard InChI is InChI=1S/C37H59N2O4Si.HI/c1-13-41-44(42-14-2,43-15-3)24-18-23-40-37-30(12)38(35-31(26(4)5)19-16-20-32(35)27(6)7)25-39(37)36-33(28(8)9)21-17-22-34(36)29(10)11;/h16-17,19-22,25-29H,13-15,18,23-24H2,1-12H3;1H/q+1;/p-1. The summed E-state index contributed by atoms with van der Waals surface area (Å²) in [6.07, 6.45) is 3.05. The fourth-order valence-electron chi connectivity index (χ4n) is 6.13. The van der Waals surface area contributed by atoms with Gasteiger partial charge < -0.3 is 42.0 Å². The van der Waals surface area contributed by atoms with Crippen LogP contribution >= 0.6 is 0 Å². The molecule has 0 radical (unpaired) electrons. The van der Waals surface area contributed by atoms with Crippen LogP contribution in [0.25, 0.3) is 11.4 Å². The summed E-state index contributed by atoms with van der Waals surface area (Å²) in [6, 6.07) is 14.2. The summed E-state index contributed by atoms with van der Waals surface area (Å²) in [5.74, 6) is 2.36. The zero-order valence-electron chi connectivity index (χ0n) is 30.0. The topological polar surface area (TPSA) is 45.7 Å². The van der Waals surface area contributed by atoms with Gasteiger partial charge in [0.25, 0.3) is 6.33 Å². The van der Waals surface area contributed by atoms with Gasteiger partial charge >= 0.3 is 14.7 Å². The lowest BCUT2D eigenvalue weighted by Gasteiger charge is -2.28. The van der Waals surface area contributed by atoms with Gasteiger partial charge in [0.15, 0.2) is 5.69 Å². The third kappa shape index (κ3) is 9.21. The summed E-state index contributed by atoms with van der Waals surface area (Å²) in [4.78, 5) is 0. The Kier molecular flexibility index (Phi) is 15.8. The second kappa shape index (κ2) is 18.0. The lowest BCUT2D eigenvalue weighted by Crippen LogP contribution is -3.00. The van der Waals surface area contributed by atoms with E-state index >= 15 is 0 Å². The molecule has 6 nitrogen and oxygen atoms in total. The maximum Gasteiger partial charge on any atom is 0.501 e. The first kappa shape index (κ1) is 39.5. The molecule has 0 N–H and O–H groups in total. The summed E-state index contributed by atoms with van der Waals surface area (Å²) in [6.45, 7) is 28.7. The monoisotopic (exact) mass is 750 g/mol. The highest BCUT2D eigenvalue weighted by molar-refractivity contribution is 6.60. The Morgan fingerprint density at radius 1 is 0.689 bits per heavy atom. The van der Waals surface area contributed by atoms with Crippen molar-refractivity contribution in [2.45, 2.75) is 119 Å². The number of hydrogen-bond donors (Lipinski definition) is 0. The van der Waals surface area contributed by atoms with Crippen LogP contribution in [0, 0.1) is 6.92 Å². The molecule has 1 aromatic heterocycles. The van der Waals surface area contributed by atoms with Gasteiger partial charge in [-0.15, -0.1) is 0 Å². The number of benzene rings is 2. The van der Waals surface area contributed by atoms with Crippen LogP contribution in [0.3, 0.4) is 0 Å². The Morgan fingerprint density at radius 3 is 1.51 bits per heavy atom. The molecule has 0 aliphatic heterocycles. The molecule has 0 aliphatic rings. The van der Waals surface area contributed by atoms with Gasteiger partial charge in [0, 0.05) is 55.0 Å². The van der Waals surface area contributed by atoms with E-state index in [9.17, 15) is 0 Å². The number of halogens is 1. The third-order valence-corrected chi connectivity index (χ3v) is 11.4. The van der Waals surface area contributed by atoms with Crippen LogP contribution in [-0.4, -0.2) is 39.8 Å². The number of imidazole rings is 1. The molecule has 8 heteroatoms. The predicted molar refractivity (Wildman–Crippen MR) is 184 cm³/mol. The highest BCUT2D eigenvalue weighted by Crippen LogP contribution is 2.35. The van der Waals surface area contributed by atoms with Crippen molar-refractivity contribution >= 4 is 8.80 Å². The number of ether oxygens (including phenoxy) is 1. The highest BCUT2D eigenvalue weighted by Gasteiger charge is 2.40. The van der Waals surface area contributed by atoms with Crippen LogP contribution in [0.15, 0.2) is 42.7 Å². The van der Waals surface area contributed by atoms with Crippen molar-refractivity contribution in [1.82, 2.24) is 4.57 Å². The van der Waals surface area contributed by atoms with Crippen LogP contribution in [0.1, 0.15) is 134 Å². The molecule has 45 heavy (non-hydrogen) atoms. The molecule has 0 saturated carbocycles. The van der Waals surface area contributed by atoms with Crippen molar-refractivity contribution in [3.8, 4) is 17.3 Å². The van der Waals surface area contributed by atoms with E-state index in [1.807, 2.05) is 20.8 Å². The Morgan fingerprint density at radius 2 is 1.11 bits per heavy atom. The Balaban J connectivity index is 0.00000705. The molecular weight excluding hydrogens is 691 g/mol. The molecule has 0 amide bonds. The van der Waals surface area contributed by atoms with Crippen LogP contribution in [0.2, 0.25) is 6.04 Å². The number of nitrogens with zero attached hydrogens (tertiary/aromatic N) is 2. The lowest BCUT2D eigenvalue weighted by atomic mass is 9.92. The van der Waals surface area contributed by atoms with E-state index in [-0.39, 0.29) is 24.0 Å². The van der Waals surface area contributed by atoms with Gasteiger partial charge in [-0.1, -0.05) is 91.8 Å².